The summed E-state index contributed by atoms with van der Waals surface area (Å²) < 4.78 is 0. The predicted octanol–water partition coefficient (Wildman–Crippen LogP) is 5.81. The van der Waals surface area contributed by atoms with Gasteiger partial charge in [0, 0.05) is 24.9 Å². The Morgan fingerprint density at radius 3 is 2.44 bits per heavy atom. The number of allylic oxidation sites excluding steroid dienone is 3. The highest BCUT2D eigenvalue weighted by Crippen LogP contribution is 2.48. The Kier molecular flexibility index (Phi) is 5.10. The van der Waals surface area contributed by atoms with Gasteiger partial charge >= 0.3 is 0 Å². The van der Waals surface area contributed by atoms with Crippen molar-refractivity contribution >= 4 is 11.5 Å². The number of hydrogen-bond donors (Lipinski definition) is 0. The molecule has 1 atom stereocenters. The number of Topliss-reactive ketones (excluding diaryl/α,β-unsaturated/α-hetero) is 1. The summed E-state index contributed by atoms with van der Waals surface area (Å²) in [6, 6.07) is 14.8. The Morgan fingerprint density at radius 2 is 1.81 bits per heavy atom. The van der Waals surface area contributed by atoms with Gasteiger partial charge in [-0.1, -0.05) is 43.0 Å². The van der Waals surface area contributed by atoms with Crippen LogP contribution in [0.4, 0.5) is 5.69 Å². The molecule has 0 aromatic heterocycles. The molecule has 0 bridgehead atoms. The number of nitrogens with zero attached hydrogens (tertiary/aromatic N) is 1. The average molecular weight is 360 g/mol. The van der Waals surface area contributed by atoms with Crippen molar-refractivity contribution in [3.8, 4) is 0 Å². The van der Waals surface area contributed by atoms with Gasteiger partial charge in [-0.3, -0.25) is 4.79 Å². The second-order valence-electron chi connectivity index (χ2n) is 7.81. The van der Waals surface area contributed by atoms with Crippen molar-refractivity contribution in [2.75, 3.05) is 11.9 Å². The van der Waals surface area contributed by atoms with E-state index in [1.54, 1.807) is 6.92 Å². The summed E-state index contributed by atoms with van der Waals surface area (Å²) >= 11 is 0. The highest BCUT2D eigenvalue weighted by atomic mass is 16.1. The second-order valence-corrected chi connectivity index (χ2v) is 7.81. The largest absolute Gasteiger partial charge is 0.348 e. The molecular formula is C25H29NO. The van der Waals surface area contributed by atoms with E-state index < -0.39 is 5.41 Å². The van der Waals surface area contributed by atoms with Gasteiger partial charge in [0.15, 0.2) is 0 Å². The van der Waals surface area contributed by atoms with E-state index in [2.05, 4.69) is 81.8 Å². The van der Waals surface area contributed by atoms with Gasteiger partial charge in [-0.2, -0.15) is 0 Å². The summed E-state index contributed by atoms with van der Waals surface area (Å²) in [7, 11) is 2.09. The predicted molar refractivity (Wildman–Crippen MR) is 114 cm³/mol. The first-order chi connectivity index (χ1) is 12.8. The maximum atomic E-state index is 13.0. The van der Waals surface area contributed by atoms with Crippen LogP contribution in [-0.4, -0.2) is 12.8 Å². The molecule has 3 rings (SSSR count). The summed E-state index contributed by atoms with van der Waals surface area (Å²) in [5.74, 6) is 0.225. The van der Waals surface area contributed by atoms with Crippen LogP contribution in [0.1, 0.15) is 42.0 Å². The highest BCUT2D eigenvalue weighted by molar-refractivity contribution is 5.91. The second kappa shape index (κ2) is 7.19. The third kappa shape index (κ3) is 3.25. The molecule has 0 saturated heterocycles. The van der Waals surface area contributed by atoms with Crippen molar-refractivity contribution in [1.82, 2.24) is 0 Å². The van der Waals surface area contributed by atoms with Crippen LogP contribution in [0.15, 0.2) is 66.4 Å². The Labute approximate surface area is 163 Å². The van der Waals surface area contributed by atoms with Gasteiger partial charge in [-0.25, -0.2) is 0 Å². The maximum Gasteiger partial charge on any atom is 0.141 e. The average Bonchev–Trinajstić information content (AvgIpc) is 3.04. The summed E-state index contributed by atoms with van der Waals surface area (Å²) in [6.45, 7) is 12.1. The summed E-state index contributed by atoms with van der Waals surface area (Å²) in [5, 5.41) is 0. The molecule has 0 fully saturated rings. The van der Waals surface area contributed by atoms with Crippen LogP contribution >= 0.6 is 0 Å². The first-order valence-corrected chi connectivity index (χ1v) is 9.53. The summed E-state index contributed by atoms with van der Waals surface area (Å²) in [4.78, 5) is 15.2. The SMILES string of the molecule is C=CC1=C(N(C)c2cccc(C)c2)C[C@](C(C)=O)(c2cccc(C)c2C)C1. The third-order valence-electron chi connectivity index (χ3n) is 6.17. The zero-order valence-corrected chi connectivity index (χ0v) is 17.1. The minimum absolute atomic E-state index is 0.225. The van der Waals surface area contributed by atoms with E-state index in [0.717, 1.165) is 16.8 Å². The molecule has 0 heterocycles. The molecule has 2 heteroatoms. The lowest BCUT2D eigenvalue weighted by Crippen LogP contribution is -2.34. The minimum atomic E-state index is -0.507. The molecule has 27 heavy (non-hydrogen) atoms. The van der Waals surface area contributed by atoms with Crippen LogP contribution in [0.5, 0.6) is 0 Å². The molecule has 0 N–H and O–H groups in total. The smallest absolute Gasteiger partial charge is 0.141 e. The van der Waals surface area contributed by atoms with Crippen molar-refractivity contribution in [2.24, 2.45) is 0 Å². The van der Waals surface area contributed by atoms with Gasteiger partial charge in [-0.05, 0) is 74.1 Å². The summed E-state index contributed by atoms with van der Waals surface area (Å²) in [6.07, 6.45) is 3.34. The topological polar surface area (TPSA) is 20.3 Å². The zero-order valence-electron chi connectivity index (χ0n) is 17.1. The van der Waals surface area contributed by atoms with Gasteiger partial charge in [0.1, 0.15) is 5.78 Å². The Hall–Kier alpha value is -2.61. The number of aryl methyl sites for hydroxylation is 2. The number of anilines is 1. The number of carbonyl (C=O) groups excluding carboxylic acids is 1. The van der Waals surface area contributed by atoms with E-state index in [1.807, 2.05) is 6.08 Å². The minimum Gasteiger partial charge on any atom is -0.348 e. The highest BCUT2D eigenvalue weighted by Gasteiger charge is 2.45. The van der Waals surface area contributed by atoms with Crippen LogP contribution in [0, 0.1) is 20.8 Å². The number of rotatable bonds is 5. The fourth-order valence-corrected chi connectivity index (χ4v) is 4.30. The molecule has 0 spiro atoms. The van der Waals surface area contributed by atoms with Crippen LogP contribution in [0.25, 0.3) is 0 Å². The zero-order chi connectivity index (χ0) is 19.8. The molecule has 1 aliphatic carbocycles. The van der Waals surface area contributed by atoms with Crippen LogP contribution in [0.3, 0.4) is 0 Å². The lowest BCUT2D eigenvalue weighted by atomic mass is 9.72. The molecule has 1 aliphatic rings. The van der Waals surface area contributed by atoms with Crippen LogP contribution < -0.4 is 4.90 Å². The molecule has 0 unspecified atom stereocenters. The molecule has 0 aliphatic heterocycles. The lowest BCUT2D eigenvalue weighted by Gasteiger charge is -2.31. The Balaban J connectivity index is 2.09. The van der Waals surface area contributed by atoms with Gasteiger partial charge in [-0.15, -0.1) is 0 Å². The standard InChI is InChI=1S/C25H29NO/c1-7-21-15-25(20(5)27,23-13-9-11-18(3)19(23)4)16-24(21)26(6)22-12-8-10-17(2)14-22/h7-14H,1,15-16H2,2-6H3/t25-/m1/s1. The molecule has 0 radical (unpaired) electrons. The first kappa shape index (κ1) is 19.2. The van der Waals surface area contributed by atoms with Crippen molar-refractivity contribution in [1.29, 1.82) is 0 Å². The molecule has 0 amide bonds. The maximum absolute atomic E-state index is 13.0. The van der Waals surface area contributed by atoms with Crippen molar-refractivity contribution in [3.63, 3.8) is 0 Å². The third-order valence-corrected chi connectivity index (χ3v) is 6.17. The number of ketones is 1. The number of hydrogen-bond acceptors (Lipinski definition) is 2. The van der Waals surface area contributed by atoms with Crippen LogP contribution in [0.2, 0.25) is 0 Å². The van der Waals surface area contributed by atoms with E-state index in [0.29, 0.717) is 12.8 Å². The van der Waals surface area contributed by atoms with Gasteiger partial charge in [0.25, 0.3) is 0 Å². The van der Waals surface area contributed by atoms with E-state index in [1.165, 1.54) is 22.4 Å². The van der Waals surface area contributed by atoms with Crippen LogP contribution in [-0.2, 0) is 10.2 Å². The molecule has 140 valence electrons. The van der Waals surface area contributed by atoms with E-state index in [-0.39, 0.29) is 5.78 Å². The number of carbonyl (C=O) groups is 1. The lowest BCUT2D eigenvalue weighted by molar-refractivity contribution is -0.122. The monoisotopic (exact) mass is 359 g/mol. The van der Waals surface area contributed by atoms with Gasteiger partial charge < -0.3 is 4.90 Å². The molecule has 2 aromatic rings. The molecular weight excluding hydrogens is 330 g/mol. The normalized spacial score (nSPS) is 19.3. The molecule has 2 aromatic carbocycles. The fourth-order valence-electron chi connectivity index (χ4n) is 4.30. The number of benzene rings is 2. The van der Waals surface area contributed by atoms with Crippen molar-refractivity contribution in [3.05, 3.63) is 88.6 Å². The van der Waals surface area contributed by atoms with E-state index in [4.69, 9.17) is 0 Å². The van der Waals surface area contributed by atoms with Crippen molar-refractivity contribution < 1.29 is 4.79 Å². The molecule has 2 nitrogen and oxygen atoms in total. The fraction of sp³-hybridized carbons (Fsp3) is 0.320. The Morgan fingerprint density at radius 1 is 1.11 bits per heavy atom. The van der Waals surface area contributed by atoms with Gasteiger partial charge in [0.05, 0.1) is 5.41 Å². The first-order valence-electron chi connectivity index (χ1n) is 9.53. The molecule has 0 saturated carbocycles. The Bertz CT molecular complexity index is 937. The quantitative estimate of drug-likeness (QED) is 0.671. The van der Waals surface area contributed by atoms with E-state index in [9.17, 15) is 4.79 Å². The van der Waals surface area contributed by atoms with Gasteiger partial charge in [0.2, 0.25) is 0 Å². The van der Waals surface area contributed by atoms with E-state index >= 15 is 0 Å². The summed E-state index contributed by atoms with van der Waals surface area (Å²) in [5.41, 5.74) is 7.82. The van der Waals surface area contributed by atoms with Crippen molar-refractivity contribution in [2.45, 2.75) is 46.0 Å².